The summed E-state index contributed by atoms with van der Waals surface area (Å²) in [5, 5.41) is 13.8. The van der Waals surface area contributed by atoms with Crippen LogP contribution in [-0.4, -0.2) is 39.0 Å². The van der Waals surface area contributed by atoms with Gasteiger partial charge in [0.2, 0.25) is 11.7 Å². The fourth-order valence-corrected chi connectivity index (χ4v) is 3.69. The van der Waals surface area contributed by atoms with Gasteiger partial charge in [-0.1, -0.05) is 57.9 Å². The first kappa shape index (κ1) is 18.4. The van der Waals surface area contributed by atoms with Gasteiger partial charge in [-0.2, -0.15) is 10.1 Å². The molecule has 0 bridgehead atoms. The number of amides is 2. The molecule has 3 aromatic rings. The van der Waals surface area contributed by atoms with Crippen molar-refractivity contribution in [1.82, 2.24) is 15.1 Å². The maximum absolute atomic E-state index is 13.0. The van der Waals surface area contributed by atoms with E-state index in [2.05, 4.69) is 20.5 Å². The van der Waals surface area contributed by atoms with Crippen LogP contribution in [0.2, 0.25) is 5.02 Å². The van der Waals surface area contributed by atoms with E-state index >= 15 is 0 Å². The highest BCUT2D eigenvalue weighted by molar-refractivity contribution is 6.31. The SMILES string of the molecule is Cc1ccc(-c2noc(CN3N=N[C@H]4C(=O)N(c5cccc(Cl)c5)C(=O)[C@@H]43)n2)cc1. The molecule has 3 heterocycles. The number of hydrogen-bond donors (Lipinski definition) is 0. The van der Waals surface area contributed by atoms with Gasteiger partial charge in [0.25, 0.3) is 11.8 Å². The summed E-state index contributed by atoms with van der Waals surface area (Å²) in [5.74, 6) is -0.154. The maximum Gasteiger partial charge on any atom is 0.263 e. The molecule has 1 fully saturated rings. The lowest BCUT2D eigenvalue weighted by Crippen LogP contribution is -2.39. The minimum atomic E-state index is -0.907. The molecule has 2 atom stereocenters. The zero-order valence-electron chi connectivity index (χ0n) is 15.8. The molecule has 10 heteroatoms. The first-order chi connectivity index (χ1) is 14.5. The van der Waals surface area contributed by atoms with Gasteiger partial charge in [0.1, 0.15) is 6.54 Å². The third kappa shape index (κ3) is 3.03. The number of hydrogen-bond acceptors (Lipinski definition) is 8. The Labute approximate surface area is 175 Å². The van der Waals surface area contributed by atoms with Gasteiger partial charge in [-0.3, -0.25) is 14.6 Å². The number of carbonyl (C=O) groups excluding carboxylic acids is 2. The third-order valence-corrected chi connectivity index (χ3v) is 5.23. The van der Waals surface area contributed by atoms with Crippen LogP contribution >= 0.6 is 11.6 Å². The van der Waals surface area contributed by atoms with Gasteiger partial charge < -0.3 is 4.52 Å². The van der Waals surface area contributed by atoms with Crippen LogP contribution in [0.4, 0.5) is 5.69 Å². The monoisotopic (exact) mass is 422 g/mol. The molecule has 2 amide bonds. The smallest absolute Gasteiger partial charge is 0.263 e. The summed E-state index contributed by atoms with van der Waals surface area (Å²) in [6.07, 6.45) is 0. The predicted molar refractivity (Wildman–Crippen MR) is 106 cm³/mol. The van der Waals surface area contributed by atoms with Gasteiger partial charge in [0.05, 0.1) is 5.69 Å². The molecule has 0 N–H and O–H groups in total. The van der Waals surface area contributed by atoms with Crippen molar-refractivity contribution in [2.45, 2.75) is 25.6 Å². The van der Waals surface area contributed by atoms with E-state index < -0.39 is 23.9 Å². The van der Waals surface area contributed by atoms with Gasteiger partial charge in [-0.15, -0.1) is 0 Å². The Kier molecular flexibility index (Phi) is 4.32. The first-order valence-electron chi connectivity index (χ1n) is 9.22. The van der Waals surface area contributed by atoms with Crippen LogP contribution < -0.4 is 4.90 Å². The van der Waals surface area contributed by atoms with Crippen molar-refractivity contribution < 1.29 is 14.1 Å². The lowest BCUT2D eigenvalue weighted by atomic mass is 10.1. The number of imide groups is 1. The number of rotatable bonds is 4. The van der Waals surface area contributed by atoms with Crippen LogP contribution in [-0.2, 0) is 16.1 Å². The Morgan fingerprint density at radius 2 is 1.90 bits per heavy atom. The molecule has 2 aliphatic rings. The predicted octanol–water partition coefficient (Wildman–Crippen LogP) is 3.19. The van der Waals surface area contributed by atoms with E-state index in [1.165, 1.54) is 5.01 Å². The molecular formula is C20H15ClN6O3. The fraction of sp³-hybridized carbons (Fsp3) is 0.200. The van der Waals surface area contributed by atoms with Crippen molar-refractivity contribution in [3.8, 4) is 11.4 Å². The number of nitrogens with zero attached hydrogens (tertiary/aromatic N) is 6. The van der Waals surface area contributed by atoms with E-state index in [1.54, 1.807) is 24.3 Å². The zero-order chi connectivity index (χ0) is 20.8. The largest absolute Gasteiger partial charge is 0.337 e. The summed E-state index contributed by atoms with van der Waals surface area (Å²) in [7, 11) is 0. The van der Waals surface area contributed by atoms with Crippen molar-refractivity contribution in [2.75, 3.05) is 4.90 Å². The van der Waals surface area contributed by atoms with Gasteiger partial charge in [-0.05, 0) is 25.1 Å². The molecule has 9 nitrogen and oxygen atoms in total. The number of aromatic nitrogens is 2. The minimum absolute atomic E-state index is 0.0614. The van der Waals surface area contributed by atoms with E-state index in [0.29, 0.717) is 16.5 Å². The number of fused-ring (bicyclic) bond motifs is 1. The lowest BCUT2D eigenvalue weighted by Gasteiger charge is -2.19. The summed E-state index contributed by atoms with van der Waals surface area (Å²) in [4.78, 5) is 31.2. The highest BCUT2D eigenvalue weighted by atomic mass is 35.5. The Morgan fingerprint density at radius 3 is 2.67 bits per heavy atom. The number of aryl methyl sites for hydroxylation is 1. The molecule has 0 spiro atoms. The molecule has 2 aromatic carbocycles. The topological polar surface area (TPSA) is 104 Å². The Balaban J connectivity index is 1.36. The van der Waals surface area contributed by atoms with E-state index in [4.69, 9.17) is 16.1 Å². The van der Waals surface area contributed by atoms with Crippen LogP contribution in [0.15, 0.2) is 63.4 Å². The first-order valence-corrected chi connectivity index (χ1v) is 9.59. The minimum Gasteiger partial charge on any atom is -0.337 e. The highest BCUT2D eigenvalue weighted by Gasteiger charge is 2.55. The van der Waals surface area contributed by atoms with Crippen molar-refractivity contribution >= 4 is 29.1 Å². The number of halogens is 1. The summed E-state index contributed by atoms with van der Waals surface area (Å²) in [6, 6.07) is 12.5. The van der Waals surface area contributed by atoms with Crippen molar-refractivity contribution in [1.29, 1.82) is 0 Å². The molecule has 150 valence electrons. The number of benzene rings is 2. The van der Waals surface area contributed by atoms with Crippen LogP contribution in [0.25, 0.3) is 11.4 Å². The second-order valence-corrected chi connectivity index (χ2v) is 7.50. The van der Waals surface area contributed by atoms with Gasteiger partial charge in [0, 0.05) is 10.6 Å². The van der Waals surface area contributed by atoms with Gasteiger partial charge >= 0.3 is 0 Å². The summed E-state index contributed by atoms with van der Waals surface area (Å²) in [6.45, 7) is 2.05. The Morgan fingerprint density at radius 1 is 1.10 bits per heavy atom. The number of carbonyl (C=O) groups is 2. The fourth-order valence-electron chi connectivity index (χ4n) is 3.50. The zero-order valence-corrected chi connectivity index (χ0v) is 16.5. The van der Waals surface area contributed by atoms with Gasteiger partial charge in [-0.25, -0.2) is 4.90 Å². The average Bonchev–Trinajstić information content (AvgIpc) is 3.41. The van der Waals surface area contributed by atoms with Crippen molar-refractivity contribution in [3.63, 3.8) is 0 Å². The molecule has 0 saturated carbocycles. The van der Waals surface area contributed by atoms with E-state index in [0.717, 1.165) is 16.0 Å². The van der Waals surface area contributed by atoms with E-state index in [1.807, 2.05) is 31.2 Å². The number of anilines is 1. The molecule has 0 radical (unpaired) electrons. The summed E-state index contributed by atoms with van der Waals surface area (Å²) >= 11 is 6.01. The Hall–Kier alpha value is -3.59. The molecule has 5 rings (SSSR count). The molecule has 1 saturated heterocycles. The normalized spacial score (nSPS) is 20.3. The van der Waals surface area contributed by atoms with E-state index in [9.17, 15) is 9.59 Å². The third-order valence-electron chi connectivity index (χ3n) is 5.00. The second-order valence-electron chi connectivity index (χ2n) is 7.06. The Bertz CT molecular complexity index is 1180. The van der Waals surface area contributed by atoms with Crippen molar-refractivity contribution in [2.24, 2.45) is 10.3 Å². The highest BCUT2D eigenvalue weighted by Crippen LogP contribution is 2.33. The quantitative estimate of drug-likeness (QED) is 0.598. The molecule has 0 unspecified atom stereocenters. The second kappa shape index (κ2) is 7.03. The van der Waals surface area contributed by atoms with Crippen LogP contribution in [0.5, 0.6) is 0 Å². The molecule has 0 aliphatic carbocycles. The van der Waals surface area contributed by atoms with Crippen LogP contribution in [0.3, 0.4) is 0 Å². The van der Waals surface area contributed by atoms with Gasteiger partial charge in [0.15, 0.2) is 12.1 Å². The molecule has 1 aromatic heterocycles. The molecule has 30 heavy (non-hydrogen) atoms. The van der Waals surface area contributed by atoms with Crippen LogP contribution in [0.1, 0.15) is 11.5 Å². The average molecular weight is 423 g/mol. The molecule has 2 aliphatic heterocycles. The summed E-state index contributed by atoms with van der Waals surface area (Å²) in [5.41, 5.74) is 2.34. The lowest BCUT2D eigenvalue weighted by molar-refractivity contribution is -0.123. The van der Waals surface area contributed by atoms with Crippen molar-refractivity contribution in [3.05, 3.63) is 65.0 Å². The van der Waals surface area contributed by atoms with E-state index in [-0.39, 0.29) is 12.4 Å². The van der Waals surface area contributed by atoms with Crippen LogP contribution in [0, 0.1) is 6.92 Å². The standard InChI is InChI=1S/C20H15ClN6O3/c1-11-5-7-12(8-6-11)18-22-15(30-24-18)10-26-17-16(23-25-26)19(28)27(20(17)29)14-4-2-3-13(21)9-14/h2-9,16-17H,10H2,1H3/t16-,17-/m1/s1. The maximum atomic E-state index is 13.0. The summed E-state index contributed by atoms with van der Waals surface area (Å²) < 4.78 is 5.32. The molecular weight excluding hydrogens is 408 g/mol.